The Morgan fingerprint density at radius 2 is 0.793 bits per heavy atom. The van der Waals surface area contributed by atoms with Crippen LogP contribution < -0.4 is 0 Å². The summed E-state index contributed by atoms with van der Waals surface area (Å²) in [6.45, 7) is 17.2. The minimum absolute atomic E-state index is 0.176. The van der Waals surface area contributed by atoms with Crippen molar-refractivity contribution in [2.45, 2.75) is 33.6 Å². The van der Waals surface area contributed by atoms with Crippen LogP contribution in [0.2, 0.25) is 0 Å². The van der Waals surface area contributed by atoms with Gasteiger partial charge >= 0.3 is 23.9 Å². The molecule has 0 fully saturated rings. The van der Waals surface area contributed by atoms with E-state index in [4.69, 9.17) is 30.6 Å². The zero-order chi connectivity index (χ0) is 24.6. The SMILES string of the molecule is C=C(C)C(=O)O.C=C(C)C(=O)O.C=C(C)C(=O)O.C=CC(=O)O.OCCCCO. The van der Waals surface area contributed by atoms with Crippen LogP contribution in [0.15, 0.2) is 49.1 Å². The van der Waals surface area contributed by atoms with Gasteiger partial charge in [0, 0.05) is 36.0 Å². The van der Waals surface area contributed by atoms with Crippen LogP contribution in [0.25, 0.3) is 0 Å². The van der Waals surface area contributed by atoms with E-state index in [0.29, 0.717) is 0 Å². The third-order valence-corrected chi connectivity index (χ3v) is 1.84. The quantitative estimate of drug-likeness (QED) is 0.262. The second kappa shape index (κ2) is 27.0. The third kappa shape index (κ3) is 67.7. The first kappa shape index (κ1) is 36.6. The third-order valence-electron chi connectivity index (χ3n) is 1.84. The molecule has 0 aromatic rings. The van der Waals surface area contributed by atoms with E-state index in [1.54, 1.807) is 0 Å². The molecule has 0 radical (unpaired) electrons. The van der Waals surface area contributed by atoms with E-state index in [1.807, 2.05) is 0 Å². The van der Waals surface area contributed by atoms with E-state index in [1.165, 1.54) is 20.8 Å². The maximum atomic E-state index is 9.60. The molecule has 0 aliphatic carbocycles. The highest BCUT2D eigenvalue weighted by atomic mass is 16.4. The first-order valence-corrected chi connectivity index (χ1v) is 7.85. The molecular weight excluding hydrogens is 388 g/mol. The Hall–Kier alpha value is -3.24. The Kier molecular flexibility index (Phi) is 34.1. The fourth-order valence-corrected chi connectivity index (χ4v) is 0.224. The molecule has 10 nitrogen and oxygen atoms in total. The molecule has 0 saturated carbocycles. The number of unbranched alkanes of at least 4 members (excludes halogenated alkanes) is 1. The van der Waals surface area contributed by atoms with E-state index < -0.39 is 23.9 Å². The summed E-state index contributed by atoms with van der Waals surface area (Å²) < 4.78 is 0. The topological polar surface area (TPSA) is 190 Å². The summed E-state index contributed by atoms with van der Waals surface area (Å²) in [5.41, 5.74) is 0.528. The van der Waals surface area contributed by atoms with Crippen LogP contribution in [-0.2, 0) is 19.2 Å². The Balaban J connectivity index is -0.0000000829. The van der Waals surface area contributed by atoms with Gasteiger partial charge in [-0.2, -0.15) is 0 Å². The number of hydrogen-bond acceptors (Lipinski definition) is 6. The van der Waals surface area contributed by atoms with Gasteiger partial charge in [0.15, 0.2) is 0 Å². The predicted octanol–water partition coefficient (Wildman–Crippen LogP) is 1.95. The van der Waals surface area contributed by atoms with Gasteiger partial charge in [0.1, 0.15) is 0 Å². The average Bonchev–Trinajstić information content (AvgIpc) is 2.61. The minimum Gasteiger partial charge on any atom is -0.478 e. The second-order valence-corrected chi connectivity index (χ2v) is 4.95. The number of rotatable bonds is 7. The monoisotopic (exact) mass is 420 g/mol. The van der Waals surface area contributed by atoms with Gasteiger partial charge < -0.3 is 30.6 Å². The highest BCUT2D eigenvalue weighted by molar-refractivity contribution is 5.85. The highest BCUT2D eigenvalue weighted by Crippen LogP contribution is 1.82. The molecule has 0 saturated heterocycles. The number of hydrogen-bond donors (Lipinski definition) is 6. The molecule has 0 bridgehead atoms. The van der Waals surface area contributed by atoms with Crippen molar-refractivity contribution in [1.29, 1.82) is 0 Å². The van der Waals surface area contributed by atoms with E-state index in [0.717, 1.165) is 18.9 Å². The number of aliphatic carboxylic acids is 4. The summed E-state index contributed by atoms with van der Waals surface area (Å²) in [5.74, 6) is -3.79. The van der Waals surface area contributed by atoms with Crippen LogP contribution in [0, 0.1) is 0 Å². The van der Waals surface area contributed by atoms with Gasteiger partial charge in [-0.1, -0.05) is 26.3 Å². The zero-order valence-electron chi connectivity index (χ0n) is 17.1. The summed E-state index contributed by atoms with van der Waals surface area (Å²) in [5, 5.41) is 47.5. The summed E-state index contributed by atoms with van der Waals surface area (Å²) >= 11 is 0. The number of carboxylic acids is 4. The summed E-state index contributed by atoms with van der Waals surface area (Å²) in [7, 11) is 0. The Morgan fingerprint density at radius 1 is 0.655 bits per heavy atom. The summed E-state index contributed by atoms with van der Waals surface area (Å²) in [6.07, 6.45) is 2.27. The van der Waals surface area contributed by atoms with Crippen molar-refractivity contribution in [1.82, 2.24) is 0 Å². The van der Waals surface area contributed by atoms with Gasteiger partial charge in [-0.05, 0) is 33.6 Å². The minimum atomic E-state index is -0.981. The molecule has 0 amide bonds. The van der Waals surface area contributed by atoms with Gasteiger partial charge in [0.2, 0.25) is 0 Å². The lowest BCUT2D eigenvalue weighted by Crippen LogP contribution is -1.92. The Morgan fingerprint density at radius 3 is 0.828 bits per heavy atom. The van der Waals surface area contributed by atoms with Crippen molar-refractivity contribution in [3.63, 3.8) is 0 Å². The van der Waals surface area contributed by atoms with Crippen molar-refractivity contribution in [3.8, 4) is 0 Å². The van der Waals surface area contributed by atoms with Crippen LogP contribution in [0.4, 0.5) is 0 Å². The molecule has 0 heterocycles. The fraction of sp³-hybridized carbons (Fsp3) is 0.368. The molecule has 0 aliphatic heterocycles. The molecule has 10 heteroatoms. The molecule has 0 aromatic carbocycles. The predicted molar refractivity (Wildman–Crippen MR) is 109 cm³/mol. The van der Waals surface area contributed by atoms with E-state index in [9.17, 15) is 19.2 Å². The first-order chi connectivity index (χ1) is 13.1. The highest BCUT2D eigenvalue weighted by Gasteiger charge is 1.91. The molecule has 6 N–H and O–H groups in total. The molecule has 0 aliphatic rings. The number of aliphatic hydroxyl groups excluding tert-OH is 2. The molecule has 29 heavy (non-hydrogen) atoms. The van der Waals surface area contributed by atoms with Gasteiger partial charge in [-0.25, -0.2) is 19.2 Å². The zero-order valence-corrected chi connectivity index (χ0v) is 17.1. The smallest absolute Gasteiger partial charge is 0.330 e. The number of carboxylic acid groups (broad SMARTS) is 4. The largest absolute Gasteiger partial charge is 0.478 e. The normalized spacial score (nSPS) is 7.62. The molecule has 0 spiro atoms. The first-order valence-electron chi connectivity index (χ1n) is 7.85. The van der Waals surface area contributed by atoms with Crippen molar-refractivity contribution in [2.75, 3.05) is 13.2 Å². The second-order valence-electron chi connectivity index (χ2n) is 4.95. The van der Waals surface area contributed by atoms with E-state index >= 15 is 0 Å². The van der Waals surface area contributed by atoms with Crippen LogP contribution in [0.5, 0.6) is 0 Å². The molecule has 168 valence electrons. The van der Waals surface area contributed by atoms with Gasteiger partial charge in [-0.15, -0.1) is 0 Å². The molecule has 0 unspecified atom stereocenters. The Bertz CT molecular complexity index is 450. The van der Waals surface area contributed by atoms with Crippen LogP contribution >= 0.6 is 0 Å². The number of carbonyl (C=O) groups is 4. The van der Waals surface area contributed by atoms with Crippen molar-refractivity contribution in [2.24, 2.45) is 0 Å². The maximum absolute atomic E-state index is 9.60. The lowest BCUT2D eigenvalue weighted by molar-refractivity contribution is -0.133. The molecule has 0 rings (SSSR count). The fourth-order valence-electron chi connectivity index (χ4n) is 0.224. The maximum Gasteiger partial charge on any atom is 0.330 e. The van der Waals surface area contributed by atoms with Crippen molar-refractivity contribution in [3.05, 3.63) is 49.1 Å². The molecule has 0 atom stereocenters. The van der Waals surface area contributed by atoms with Crippen LogP contribution in [-0.4, -0.2) is 67.7 Å². The van der Waals surface area contributed by atoms with Gasteiger partial charge in [0.25, 0.3) is 0 Å². The molecule has 0 aromatic heterocycles. The van der Waals surface area contributed by atoms with Gasteiger partial charge in [-0.3, -0.25) is 0 Å². The van der Waals surface area contributed by atoms with Crippen molar-refractivity contribution < 1.29 is 49.8 Å². The van der Waals surface area contributed by atoms with Crippen molar-refractivity contribution >= 4 is 23.9 Å². The van der Waals surface area contributed by atoms with E-state index in [-0.39, 0.29) is 29.9 Å². The van der Waals surface area contributed by atoms with Crippen LogP contribution in [0.1, 0.15) is 33.6 Å². The lowest BCUT2D eigenvalue weighted by Gasteiger charge is -1.85. The average molecular weight is 420 g/mol. The van der Waals surface area contributed by atoms with Crippen LogP contribution in [0.3, 0.4) is 0 Å². The summed E-state index contributed by atoms with van der Waals surface area (Å²) in [4.78, 5) is 38.0. The molecular formula is C19H32O10. The number of aliphatic hydroxyl groups is 2. The standard InChI is InChI=1S/3C4H6O2.C4H10O2.C3H4O2/c3*1-3(2)4(5)6;5-3-1-2-4-6;1-2-3(4)5/h3*1H2,2H3,(H,5,6);5-6H,1-4H2;2H,1H2,(H,4,5). The summed E-state index contributed by atoms with van der Waals surface area (Å²) in [6, 6.07) is 0. The van der Waals surface area contributed by atoms with E-state index in [2.05, 4.69) is 26.3 Å². The Labute approximate surface area is 170 Å². The van der Waals surface area contributed by atoms with Gasteiger partial charge in [0.05, 0.1) is 0 Å². The lowest BCUT2D eigenvalue weighted by atomic mass is 10.3.